The van der Waals surface area contributed by atoms with E-state index in [4.69, 9.17) is 28.4 Å². The average molecular weight is 370 g/mol. The summed E-state index contributed by atoms with van der Waals surface area (Å²) in [5, 5.41) is 0. The van der Waals surface area contributed by atoms with Crippen LogP contribution in [0, 0.1) is 0 Å². The first-order valence-corrected chi connectivity index (χ1v) is 8.76. The summed E-state index contributed by atoms with van der Waals surface area (Å²) in [5.74, 6) is 3.90. The van der Waals surface area contributed by atoms with Crippen molar-refractivity contribution in [2.45, 2.75) is 18.9 Å². The maximum atomic E-state index is 6.32. The fourth-order valence-corrected chi connectivity index (χ4v) is 3.53. The lowest BCUT2D eigenvalue weighted by Gasteiger charge is -2.17. The van der Waals surface area contributed by atoms with E-state index in [1.807, 2.05) is 24.3 Å². The van der Waals surface area contributed by atoms with Gasteiger partial charge in [-0.25, -0.2) is 0 Å². The molecule has 0 fully saturated rings. The van der Waals surface area contributed by atoms with Crippen molar-refractivity contribution in [3.05, 3.63) is 48.0 Å². The lowest BCUT2D eigenvalue weighted by Crippen LogP contribution is -2.07. The first-order valence-electron chi connectivity index (χ1n) is 8.76. The Morgan fingerprint density at radius 1 is 1.11 bits per heavy atom. The molecule has 0 N–H and O–H groups in total. The Hall–Kier alpha value is -3.02. The molecule has 0 saturated carbocycles. The molecular weight excluding hydrogens is 348 g/mol. The van der Waals surface area contributed by atoms with Crippen molar-refractivity contribution in [2.75, 3.05) is 27.6 Å². The van der Waals surface area contributed by atoms with Gasteiger partial charge >= 0.3 is 0 Å². The third kappa shape index (κ3) is 2.81. The SMILES string of the molecule is C=CCOc1c(OC)cc2c(c1OC)O[C@@H](c1ccc3c(c1)OCO3)[C@H]2C. The Morgan fingerprint density at radius 3 is 2.67 bits per heavy atom. The minimum Gasteiger partial charge on any atom is -0.493 e. The van der Waals surface area contributed by atoms with Crippen LogP contribution in [0.15, 0.2) is 36.9 Å². The van der Waals surface area contributed by atoms with Gasteiger partial charge in [-0.3, -0.25) is 0 Å². The Balaban J connectivity index is 1.74. The lowest BCUT2D eigenvalue weighted by molar-refractivity contribution is 0.173. The van der Waals surface area contributed by atoms with Gasteiger partial charge in [-0.05, 0) is 23.8 Å². The van der Waals surface area contributed by atoms with Gasteiger partial charge < -0.3 is 28.4 Å². The molecule has 2 aliphatic heterocycles. The number of methoxy groups -OCH3 is 2. The molecule has 27 heavy (non-hydrogen) atoms. The van der Waals surface area contributed by atoms with Crippen molar-refractivity contribution in [2.24, 2.45) is 0 Å². The Morgan fingerprint density at radius 2 is 1.93 bits per heavy atom. The highest BCUT2D eigenvalue weighted by atomic mass is 16.7. The molecule has 0 aliphatic carbocycles. The predicted molar refractivity (Wildman–Crippen MR) is 99.6 cm³/mol. The van der Waals surface area contributed by atoms with Crippen LogP contribution < -0.4 is 28.4 Å². The molecule has 2 aliphatic rings. The first kappa shape index (κ1) is 17.4. The summed E-state index contributed by atoms with van der Waals surface area (Å²) < 4.78 is 34.2. The highest BCUT2D eigenvalue weighted by Crippen LogP contribution is 2.56. The van der Waals surface area contributed by atoms with Crippen molar-refractivity contribution in [1.29, 1.82) is 0 Å². The summed E-state index contributed by atoms with van der Waals surface area (Å²) in [7, 11) is 3.20. The van der Waals surface area contributed by atoms with Crippen LogP contribution in [0.3, 0.4) is 0 Å². The highest BCUT2D eigenvalue weighted by molar-refractivity contribution is 5.65. The molecule has 142 valence electrons. The van der Waals surface area contributed by atoms with Crippen LogP contribution in [-0.4, -0.2) is 27.6 Å². The summed E-state index contributed by atoms with van der Waals surface area (Å²) >= 11 is 0. The monoisotopic (exact) mass is 370 g/mol. The van der Waals surface area contributed by atoms with Crippen LogP contribution in [0.4, 0.5) is 0 Å². The van der Waals surface area contributed by atoms with Crippen molar-refractivity contribution >= 4 is 0 Å². The largest absolute Gasteiger partial charge is 0.493 e. The molecule has 0 saturated heterocycles. The van der Waals surface area contributed by atoms with Gasteiger partial charge in [-0.15, -0.1) is 0 Å². The Kier molecular flexibility index (Phi) is 4.48. The van der Waals surface area contributed by atoms with Crippen LogP contribution in [0.1, 0.15) is 30.1 Å². The molecule has 0 radical (unpaired) electrons. The zero-order valence-electron chi connectivity index (χ0n) is 15.6. The fraction of sp³-hybridized carbons (Fsp3) is 0.333. The topological polar surface area (TPSA) is 55.4 Å². The summed E-state index contributed by atoms with van der Waals surface area (Å²) in [6, 6.07) is 7.83. The minimum atomic E-state index is -0.178. The van der Waals surface area contributed by atoms with E-state index in [0.29, 0.717) is 29.6 Å². The van der Waals surface area contributed by atoms with Gasteiger partial charge in [0.25, 0.3) is 0 Å². The Bertz CT molecular complexity index is 875. The predicted octanol–water partition coefficient (Wildman–Crippen LogP) is 4.23. The standard InChI is InChI=1S/C21H22O6/c1-5-8-24-20-17(22-3)10-14-12(2)18(27-19(14)21(20)23-4)13-6-7-15-16(9-13)26-11-25-15/h5-7,9-10,12,18H,1,8,11H2,2-4H3/t12-,18+/m0/s1. The highest BCUT2D eigenvalue weighted by Gasteiger charge is 2.38. The van der Waals surface area contributed by atoms with E-state index in [0.717, 1.165) is 22.6 Å². The van der Waals surface area contributed by atoms with E-state index in [1.54, 1.807) is 20.3 Å². The quantitative estimate of drug-likeness (QED) is 0.709. The normalized spacial score (nSPS) is 19.2. The van der Waals surface area contributed by atoms with E-state index in [-0.39, 0.29) is 18.8 Å². The second-order valence-corrected chi connectivity index (χ2v) is 6.40. The summed E-state index contributed by atoms with van der Waals surface area (Å²) in [5.41, 5.74) is 2.02. The average Bonchev–Trinajstić information content (AvgIpc) is 3.29. The first-order chi connectivity index (χ1) is 13.2. The molecular formula is C21H22O6. The summed E-state index contributed by atoms with van der Waals surface area (Å²) in [4.78, 5) is 0. The summed E-state index contributed by atoms with van der Waals surface area (Å²) in [6.07, 6.45) is 1.49. The van der Waals surface area contributed by atoms with E-state index < -0.39 is 0 Å². The zero-order chi connectivity index (χ0) is 19.0. The van der Waals surface area contributed by atoms with E-state index in [9.17, 15) is 0 Å². The van der Waals surface area contributed by atoms with Gasteiger partial charge in [0.2, 0.25) is 18.3 Å². The van der Waals surface area contributed by atoms with Crippen molar-refractivity contribution in [3.63, 3.8) is 0 Å². The number of ether oxygens (including phenoxy) is 6. The number of benzene rings is 2. The molecule has 4 rings (SSSR count). The van der Waals surface area contributed by atoms with Crippen LogP contribution in [0.5, 0.6) is 34.5 Å². The molecule has 0 amide bonds. The van der Waals surface area contributed by atoms with Gasteiger partial charge in [0, 0.05) is 11.5 Å². The molecule has 0 spiro atoms. The Labute approximate surface area is 158 Å². The van der Waals surface area contributed by atoms with Gasteiger partial charge in [-0.1, -0.05) is 25.6 Å². The molecule has 0 aromatic heterocycles. The number of hydrogen-bond acceptors (Lipinski definition) is 6. The van der Waals surface area contributed by atoms with E-state index >= 15 is 0 Å². The number of hydrogen-bond donors (Lipinski definition) is 0. The zero-order valence-corrected chi connectivity index (χ0v) is 15.6. The lowest BCUT2D eigenvalue weighted by atomic mass is 9.92. The number of fused-ring (bicyclic) bond motifs is 2. The minimum absolute atomic E-state index is 0.0941. The van der Waals surface area contributed by atoms with E-state index in [1.165, 1.54) is 0 Å². The van der Waals surface area contributed by atoms with Crippen LogP contribution >= 0.6 is 0 Å². The molecule has 2 aromatic carbocycles. The van der Waals surface area contributed by atoms with Gasteiger partial charge in [0.15, 0.2) is 23.0 Å². The smallest absolute Gasteiger partial charge is 0.231 e. The van der Waals surface area contributed by atoms with Gasteiger partial charge in [0.05, 0.1) is 14.2 Å². The van der Waals surface area contributed by atoms with Crippen LogP contribution in [0.25, 0.3) is 0 Å². The summed E-state index contributed by atoms with van der Waals surface area (Å²) in [6.45, 7) is 6.39. The third-order valence-corrected chi connectivity index (χ3v) is 4.87. The van der Waals surface area contributed by atoms with E-state index in [2.05, 4.69) is 13.5 Å². The third-order valence-electron chi connectivity index (χ3n) is 4.87. The van der Waals surface area contributed by atoms with Crippen LogP contribution in [0.2, 0.25) is 0 Å². The second-order valence-electron chi connectivity index (χ2n) is 6.40. The maximum absolute atomic E-state index is 6.32. The fourth-order valence-electron chi connectivity index (χ4n) is 3.53. The molecule has 6 nitrogen and oxygen atoms in total. The van der Waals surface area contributed by atoms with Gasteiger partial charge in [-0.2, -0.15) is 0 Å². The molecule has 6 heteroatoms. The molecule has 0 bridgehead atoms. The van der Waals surface area contributed by atoms with Crippen LogP contribution in [-0.2, 0) is 0 Å². The van der Waals surface area contributed by atoms with Crippen molar-refractivity contribution in [1.82, 2.24) is 0 Å². The molecule has 0 unspecified atom stereocenters. The van der Waals surface area contributed by atoms with Crippen molar-refractivity contribution in [3.8, 4) is 34.5 Å². The van der Waals surface area contributed by atoms with Gasteiger partial charge in [0.1, 0.15) is 12.7 Å². The maximum Gasteiger partial charge on any atom is 0.231 e. The number of rotatable bonds is 6. The molecule has 2 aromatic rings. The second kappa shape index (κ2) is 6.95. The van der Waals surface area contributed by atoms with Crippen molar-refractivity contribution < 1.29 is 28.4 Å². The molecule has 2 heterocycles. The molecule has 2 atom stereocenters.